The molecule has 3 heteroatoms. The summed E-state index contributed by atoms with van der Waals surface area (Å²) in [6, 6.07) is 5.24. The summed E-state index contributed by atoms with van der Waals surface area (Å²) < 4.78 is 13.7. The van der Waals surface area contributed by atoms with Crippen molar-refractivity contribution in [2.24, 2.45) is 17.6 Å². The summed E-state index contributed by atoms with van der Waals surface area (Å²) in [6.45, 7) is 6.77. The van der Waals surface area contributed by atoms with E-state index in [1.54, 1.807) is 6.07 Å². The minimum Gasteiger partial charge on any atom is -0.371 e. The van der Waals surface area contributed by atoms with Crippen LogP contribution >= 0.6 is 0 Å². The number of nitrogens with zero attached hydrogens (tertiary/aromatic N) is 1. The second-order valence-corrected chi connectivity index (χ2v) is 5.29. The summed E-state index contributed by atoms with van der Waals surface area (Å²) in [5, 5.41) is 0. The average molecular weight is 236 g/mol. The molecule has 1 aromatic carbocycles. The fourth-order valence-electron chi connectivity index (χ4n) is 2.91. The number of hydrogen-bond donors (Lipinski definition) is 1. The molecular formula is C14H21FN2. The number of rotatable bonds is 2. The highest BCUT2D eigenvalue weighted by Gasteiger charge is 2.23. The van der Waals surface area contributed by atoms with E-state index in [0.29, 0.717) is 17.4 Å². The SMILES string of the molecule is CC1CC(C)CN(c2cccc(F)c2CN)C1. The molecule has 0 radical (unpaired) electrons. The molecule has 2 nitrogen and oxygen atoms in total. The lowest BCUT2D eigenvalue weighted by Gasteiger charge is -2.37. The quantitative estimate of drug-likeness (QED) is 0.855. The van der Waals surface area contributed by atoms with Crippen molar-refractivity contribution in [1.82, 2.24) is 0 Å². The monoisotopic (exact) mass is 236 g/mol. The van der Waals surface area contributed by atoms with Gasteiger partial charge >= 0.3 is 0 Å². The molecule has 1 saturated heterocycles. The number of piperidine rings is 1. The van der Waals surface area contributed by atoms with E-state index in [-0.39, 0.29) is 12.4 Å². The van der Waals surface area contributed by atoms with Crippen LogP contribution in [0, 0.1) is 17.7 Å². The number of nitrogens with two attached hydrogens (primary N) is 1. The van der Waals surface area contributed by atoms with Crippen molar-refractivity contribution >= 4 is 5.69 Å². The van der Waals surface area contributed by atoms with E-state index >= 15 is 0 Å². The molecule has 2 N–H and O–H groups in total. The van der Waals surface area contributed by atoms with Gasteiger partial charge in [0, 0.05) is 30.9 Å². The second-order valence-electron chi connectivity index (χ2n) is 5.29. The Bertz CT molecular complexity index is 382. The van der Waals surface area contributed by atoms with Gasteiger partial charge in [0.2, 0.25) is 0 Å². The molecule has 0 amide bonds. The Labute approximate surface area is 103 Å². The summed E-state index contributed by atoms with van der Waals surface area (Å²) in [5.41, 5.74) is 7.29. The minimum absolute atomic E-state index is 0.184. The van der Waals surface area contributed by atoms with Crippen LogP contribution in [0.2, 0.25) is 0 Å². The summed E-state index contributed by atoms with van der Waals surface area (Å²) in [7, 11) is 0. The molecule has 1 heterocycles. The van der Waals surface area contributed by atoms with E-state index in [0.717, 1.165) is 18.8 Å². The maximum Gasteiger partial charge on any atom is 0.129 e. The lowest BCUT2D eigenvalue weighted by Crippen LogP contribution is -2.39. The Kier molecular flexibility index (Phi) is 3.67. The summed E-state index contributed by atoms with van der Waals surface area (Å²) in [4.78, 5) is 2.28. The molecule has 1 aliphatic heterocycles. The molecule has 2 atom stereocenters. The van der Waals surface area contributed by atoms with Crippen LogP contribution < -0.4 is 10.6 Å². The molecule has 0 bridgehead atoms. The van der Waals surface area contributed by atoms with Gasteiger partial charge in [-0.25, -0.2) is 4.39 Å². The Morgan fingerprint density at radius 2 is 1.94 bits per heavy atom. The van der Waals surface area contributed by atoms with E-state index in [4.69, 9.17) is 5.73 Å². The lowest BCUT2D eigenvalue weighted by atomic mass is 9.91. The second kappa shape index (κ2) is 5.05. The highest BCUT2D eigenvalue weighted by molar-refractivity contribution is 5.54. The number of anilines is 1. The molecular weight excluding hydrogens is 215 g/mol. The van der Waals surface area contributed by atoms with Crippen molar-refractivity contribution in [3.8, 4) is 0 Å². The van der Waals surface area contributed by atoms with Crippen LogP contribution in [0.25, 0.3) is 0 Å². The van der Waals surface area contributed by atoms with E-state index in [1.807, 2.05) is 6.07 Å². The smallest absolute Gasteiger partial charge is 0.129 e. The predicted octanol–water partition coefficient (Wildman–Crippen LogP) is 2.77. The highest BCUT2D eigenvalue weighted by atomic mass is 19.1. The van der Waals surface area contributed by atoms with Crippen LogP contribution in [0.1, 0.15) is 25.8 Å². The third-order valence-electron chi connectivity index (χ3n) is 3.51. The van der Waals surface area contributed by atoms with Crippen LogP contribution in [0.4, 0.5) is 10.1 Å². The number of benzene rings is 1. The van der Waals surface area contributed by atoms with E-state index in [2.05, 4.69) is 18.7 Å². The molecule has 0 spiro atoms. The highest BCUT2D eigenvalue weighted by Crippen LogP contribution is 2.29. The van der Waals surface area contributed by atoms with Crippen molar-refractivity contribution in [2.75, 3.05) is 18.0 Å². The largest absolute Gasteiger partial charge is 0.371 e. The van der Waals surface area contributed by atoms with Crippen molar-refractivity contribution in [3.63, 3.8) is 0 Å². The first-order chi connectivity index (χ1) is 8.11. The first-order valence-electron chi connectivity index (χ1n) is 6.34. The van der Waals surface area contributed by atoms with Crippen molar-refractivity contribution in [1.29, 1.82) is 0 Å². The van der Waals surface area contributed by atoms with E-state index in [1.165, 1.54) is 12.5 Å². The fraction of sp³-hybridized carbons (Fsp3) is 0.571. The fourth-order valence-corrected chi connectivity index (χ4v) is 2.91. The van der Waals surface area contributed by atoms with Gasteiger partial charge in [-0.05, 0) is 30.4 Å². The third-order valence-corrected chi connectivity index (χ3v) is 3.51. The molecule has 2 rings (SSSR count). The van der Waals surface area contributed by atoms with Crippen molar-refractivity contribution in [2.45, 2.75) is 26.8 Å². The molecule has 2 unspecified atom stereocenters. The molecule has 1 fully saturated rings. The molecule has 94 valence electrons. The minimum atomic E-state index is -0.184. The van der Waals surface area contributed by atoms with Gasteiger partial charge in [-0.2, -0.15) is 0 Å². The summed E-state index contributed by atoms with van der Waals surface area (Å²) in [5.74, 6) is 1.14. The average Bonchev–Trinajstić information content (AvgIpc) is 2.27. The molecule has 1 aliphatic rings. The third kappa shape index (κ3) is 2.60. The maximum absolute atomic E-state index is 13.7. The Balaban J connectivity index is 2.30. The number of hydrogen-bond acceptors (Lipinski definition) is 2. The first kappa shape index (κ1) is 12.4. The van der Waals surface area contributed by atoms with Gasteiger partial charge in [0.15, 0.2) is 0 Å². The zero-order chi connectivity index (χ0) is 12.4. The van der Waals surface area contributed by atoms with Gasteiger partial charge in [0.25, 0.3) is 0 Å². The van der Waals surface area contributed by atoms with E-state index < -0.39 is 0 Å². The summed E-state index contributed by atoms with van der Waals surface area (Å²) >= 11 is 0. The Morgan fingerprint density at radius 3 is 2.53 bits per heavy atom. The van der Waals surface area contributed by atoms with Crippen LogP contribution in [-0.4, -0.2) is 13.1 Å². The lowest BCUT2D eigenvalue weighted by molar-refractivity contribution is 0.356. The van der Waals surface area contributed by atoms with Gasteiger partial charge < -0.3 is 10.6 Å². The standard InChI is InChI=1S/C14H21FN2/c1-10-6-11(2)9-17(8-10)14-5-3-4-13(15)12(14)7-16/h3-5,10-11H,6-9,16H2,1-2H3. The molecule has 0 saturated carbocycles. The van der Waals surface area contributed by atoms with Gasteiger partial charge in [-0.1, -0.05) is 19.9 Å². The normalized spacial score (nSPS) is 25.1. The van der Waals surface area contributed by atoms with Crippen molar-refractivity contribution < 1.29 is 4.39 Å². The predicted molar refractivity (Wildman–Crippen MR) is 69.4 cm³/mol. The van der Waals surface area contributed by atoms with Crippen LogP contribution in [0.3, 0.4) is 0 Å². The van der Waals surface area contributed by atoms with Crippen LogP contribution in [0.15, 0.2) is 18.2 Å². The zero-order valence-electron chi connectivity index (χ0n) is 10.6. The van der Waals surface area contributed by atoms with Gasteiger partial charge in [0.05, 0.1) is 0 Å². The van der Waals surface area contributed by atoms with Gasteiger partial charge in [-0.15, -0.1) is 0 Å². The van der Waals surface area contributed by atoms with Crippen LogP contribution in [0.5, 0.6) is 0 Å². The molecule has 1 aromatic rings. The van der Waals surface area contributed by atoms with Gasteiger partial charge in [-0.3, -0.25) is 0 Å². The zero-order valence-corrected chi connectivity index (χ0v) is 10.6. The molecule has 17 heavy (non-hydrogen) atoms. The first-order valence-corrected chi connectivity index (χ1v) is 6.34. The molecule has 0 aromatic heterocycles. The summed E-state index contributed by atoms with van der Waals surface area (Å²) in [6.07, 6.45) is 1.25. The van der Waals surface area contributed by atoms with Crippen molar-refractivity contribution in [3.05, 3.63) is 29.6 Å². The topological polar surface area (TPSA) is 29.3 Å². The van der Waals surface area contributed by atoms with Gasteiger partial charge in [0.1, 0.15) is 5.82 Å². The molecule has 0 aliphatic carbocycles. The van der Waals surface area contributed by atoms with Crippen LogP contribution in [-0.2, 0) is 6.54 Å². The number of halogens is 1. The maximum atomic E-state index is 13.7. The Morgan fingerprint density at radius 1 is 1.29 bits per heavy atom. The Hall–Kier alpha value is -1.09. The van der Waals surface area contributed by atoms with E-state index in [9.17, 15) is 4.39 Å².